The fourth-order valence-electron chi connectivity index (χ4n) is 4.96. The third-order valence-corrected chi connectivity index (χ3v) is 8.48. The highest BCUT2D eigenvalue weighted by Crippen LogP contribution is 2.23. The molecule has 0 saturated heterocycles. The summed E-state index contributed by atoms with van der Waals surface area (Å²) in [5.74, 6) is -0.788. The lowest BCUT2D eigenvalue weighted by atomic mass is 10.1. The van der Waals surface area contributed by atoms with Crippen LogP contribution in [0.15, 0.2) is 42.5 Å². The third kappa shape index (κ3) is 8.03. The number of nitrogens with one attached hydrogen (secondary N) is 1. The van der Waals surface area contributed by atoms with Gasteiger partial charge in [0.15, 0.2) is 0 Å². The van der Waals surface area contributed by atoms with Gasteiger partial charge in [0.1, 0.15) is 11.9 Å². The number of sulfonamides is 1. The van der Waals surface area contributed by atoms with Gasteiger partial charge >= 0.3 is 0 Å². The highest BCUT2D eigenvalue weighted by atomic mass is 32.2. The van der Waals surface area contributed by atoms with E-state index in [1.807, 2.05) is 32.9 Å². The zero-order valence-corrected chi connectivity index (χ0v) is 23.7. The second kappa shape index (κ2) is 13.2. The molecule has 0 aliphatic heterocycles. The van der Waals surface area contributed by atoms with Crippen LogP contribution in [0.4, 0.5) is 10.1 Å². The van der Waals surface area contributed by atoms with Crippen LogP contribution in [0.25, 0.3) is 0 Å². The first-order valence-corrected chi connectivity index (χ1v) is 15.2. The van der Waals surface area contributed by atoms with E-state index in [9.17, 15) is 22.4 Å². The lowest BCUT2D eigenvalue weighted by Gasteiger charge is -2.32. The molecule has 1 atom stereocenters. The summed E-state index contributed by atoms with van der Waals surface area (Å²) in [4.78, 5) is 28.3. The van der Waals surface area contributed by atoms with Gasteiger partial charge in [0.05, 0.1) is 11.9 Å². The van der Waals surface area contributed by atoms with Crippen LogP contribution in [-0.4, -0.2) is 50.0 Å². The second-order valence-corrected chi connectivity index (χ2v) is 12.2. The molecule has 38 heavy (non-hydrogen) atoms. The minimum absolute atomic E-state index is 0.0747. The standard InChI is InChI=1S/C29H40FN3O4S/c1-5-27(29(35)31-25-9-6-7-10-25)32(20-23-13-15-24(30)16-14-23)28(34)11-8-18-33(38(4,36)37)26-17-12-21(2)22(3)19-26/h12-17,19,25,27H,5-11,18,20H2,1-4H3,(H,31,35)/t27-/m0/s1. The molecular weight excluding hydrogens is 505 g/mol. The van der Waals surface area contributed by atoms with E-state index in [1.54, 1.807) is 23.1 Å². The van der Waals surface area contributed by atoms with E-state index in [0.29, 0.717) is 18.5 Å². The summed E-state index contributed by atoms with van der Waals surface area (Å²) < 4.78 is 39.9. The van der Waals surface area contributed by atoms with Gasteiger partial charge in [-0.1, -0.05) is 38.0 Å². The van der Waals surface area contributed by atoms with Crippen molar-refractivity contribution in [3.63, 3.8) is 0 Å². The summed E-state index contributed by atoms with van der Waals surface area (Å²) in [6, 6.07) is 10.8. The number of carbonyl (C=O) groups is 2. The molecule has 0 unspecified atom stereocenters. The average molecular weight is 546 g/mol. The first-order chi connectivity index (χ1) is 18.0. The predicted molar refractivity (Wildman–Crippen MR) is 149 cm³/mol. The molecule has 1 N–H and O–H groups in total. The van der Waals surface area contributed by atoms with Crippen molar-refractivity contribution in [2.24, 2.45) is 0 Å². The van der Waals surface area contributed by atoms with Gasteiger partial charge in [-0.15, -0.1) is 0 Å². The lowest BCUT2D eigenvalue weighted by Crippen LogP contribution is -2.51. The summed E-state index contributed by atoms with van der Waals surface area (Å²) in [6.07, 6.45) is 6.00. The molecule has 208 valence electrons. The number of hydrogen-bond acceptors (Lipinski definition) is 4. The molecule has 2 aromatic rings. The van der Waals surface area contributed by atoms with Gasteiger partial charge in [0, 0.05) is 25.6 Å². The Kier molecular flexibility index (Phi) is 10.3. The molecule has 0 aromatic heterocycles. The Morgan fingerprint density at radius 3 is 2.29 bits per heavy atom. The molecule has 1 aliphatic carbocycles. The average Bonchev–Trinajstić information content (AvgIpc) is 3.37. The highest BCUT2D eigenvalue weighted by Gasteiger charge is 2.30. The monoisotopic (exact) mass is 545 g/mol. The van der Waals surface area contributed by atoms with Crippen LogP contribution in [0.1, 0.15) is 68.6 Å². The maximum absolute atomic E-state index is 13.5. The minimum Gasteiger partial charge on any atom is -0.352 e. The van der Waals surface area contributed by atoms with Crippen LogP contribution in [0.3, 0.4) is 0 Å². The topological polar surface area (TPSA) is 86.8 Å². The highest BCUT2D eigenvalue weighted by molar-refractivity contribution is 7.92. The number of aryl methyl sites for hydroxylation is 2. The maximum Gasteiger partial charge on any atom is 0.243 e. The quantitative estimate of drug-likeness (QED) is 0.413. The SMILES string of the molecule is CC[C@@H](C(=O)NC1CCCC1)N(Cc1ccc(F)cc1)C(=O)CCCN(c1ccc(C)c(C)c1)S(C)(=O)=O. The molecule has 2 aromatic carbocycles. The molecule has 1 aliphatic rings. The van der Waals surface area contributed by atoms with Crippen molar-refractivity contribution in [3.8, 4) is 0 Å². The molecule has 0 heterocycles. The largest absolute Gasteiger partial charge is 0.352 e. The van der Waals surface area contributed by atoms with Crippen molar-refractivity contribution in [3.05, 3.63) is 65.0 Å². The van der Waals surface area contributed by atoms with Crippen LogP contribution in [0, 0.1) is 19.7 Å². The number of benzene rings is 2. The molecule has 0 spiro atoms. The van der Waals surface area contributed by atoms with Crippen molar-refractivity contribution in [1.82, 2.24) is 10.2 Å². The first-order valence-electron chi connectivity index (χ1n) is 13.4. The van der Waals surface area contributed by atoms with Crippen LogP contribution < -0.4 is 9.62 Å². The summed E-state index contributed by atoms with van der Waals surface area (Å²) in [5.41, 5.74) is 3.33. The number of hydrogen-bond donors (Lipinski definition) is 1. The Morgan fingerprint density at radius 2 is 1.71 bits per heavy atom. The van der Waals surface area contributed by atoms with Gasteiger partial charge in [-0.2, -0.15) is 0 Å². The summed E-state index contributed by atoms with van der Waals surface area (Å²) in [7, 11) is -3.56. The molecule has 3 rings (SSSR count). The molecule has 9 heteroatoms. The molecule has 1 fully saturated rings. The number of rotatable bonds is 12. The molecule has 0 bridgehead atoms. The number of anilines is 1. The van der Waals surface area contributed by atoms with E-state index in [4.69, 9.17) is 0 Å². The predicted octanol–water partition coefficient (Wildman–Crippen LogP) is 4.85. The molecular formula is C29H40FN3O4S. The zero-order valence-electron chi connectivity index (χ0n) is 22.9. The Balaban J connectivity index is 1.76. The van der Waals surface area contributed by atoms with E-state index in [-0.39, 0.29) is 43.2 Å². The van der Waals surface area contributed by atoms with E-state index in [2.05, 4.69) is 5.32 Å². The Hall–Kier alpha value is -2.94. The van der Waals surface area contributed by atoms with Gasteiger partial charge in [-0.25, -0.2) is 12.8 Å². The van der Waals surface area contributed by atoms with Crippen molar-refractivity contribution in [2.75, 3.05) is 17.1 Å². The second-order valence-electron chi connectivity index (χ2n) is 10.3. The van der Waals surface area contributed by atoms with E-state index < -0.39 is 16.1 Å². The van der Waals surface area contributed by atoms with Crippen molar-refractivity contribution < 1.29 is 22.4 Å². The Morgan fingerprint density at radius 1 is 1.05 bits per heavy atom. The smallest absolute Gasteiger partial charge is 0.243 e. The van der Waals surface area contributed by atoms with Gasteiger partial charge in [0.2, 0.25) is 21.8 Å². The fraction of sp³-hybridized carbons (Fsp3) is 0.517. The minimum atomic E-state index is -3.56. The molecule has 7 nitrogen and oxygen atoms in total. The number of amides is 2. The fourth-order valence-corrected chi connectivity index (χ4v) is 5.92. The van der Waals surface area contributed by atoms with Crippen molar-refractivity contribution in [2.45, 2.75) is 84.3 Å². The number of carbonyl (C=O) groups excluding carboxylic acids is 2. The number of halogens is 1. The molecule has 1 saturated carbocycles. The van der Waals surface area contributed by atoms with Gasteiger partial charge in [-0.05, 0) is 80.5 Å². The van der Waals surface area contributed by atoms with E-state index in [1.165, 1.54) is 16.4 Å². The summed E-state index contributed by atoms with van der Waals surface area (Å²) >= 11 is 0. The Labute approximate surface area is 226 Å². The van der Waals surface area contributed by atoms with Gasteiger partial charge in [-0.3, -0.25) is 13.9 Å². The first kappa shape index (κ1) is 29.6. The summed E-state index contributed by atoms with van der Waals surface area (Å²) in [5, 5.41) is 3.11. The normalized spacial score (nSPS) is 14.8. The lowest BCUT2D eigenvalue weighted by molar-refractivity contribution is -0.141. The van der Waals surface area contributed by atoms with E-state index in [0.717, 1.165) is 48.6 Å². The maximum atomic E-state index is 13.5. The Bertz CT molecular complexity index is 1210. The molecule has 2 amide bonds. The van der Waals surface area contributed by atoms with Crippen LogP contribution >= 0.6 is 0 Å². The van der Waals surface area contributed by atoms with Crippen molar-refractivity contribution >= 4 is 27.5 Å². The molecule has 0 radical (unpaired) electrons. The van der Waals surface area contributed by atoms with Crippen LogP contribution in [0.2, 0.25) is 0 Å². The third-order valence-electron chi connectivity index (χ3n) is 7.28. The van der Waals surface area contributed by atoms with Gasteiger partial charge < -0.3 is 10.2 Å². The zero-order chi connectivity index (χ0) is 27.9. The van der Waals surface area contributed by atoms with Crippen molar-refractivity contribution in [1.29, 1.82) is 0 Å². The van der Waals surface area contributed by atoms with Gasteiger partial charge in [0.25, 0.3) is 0 Å². The van der Waals surface area contributed by atoms with E-state index >= 15 is 0 Å². The van der Waals surface area contributed by atoms with Crippen LogP contribution in [0.5, 0.6) is 0 Å². The van der Waals surface area contributed by atoms with Crippen LogP contribution in [-0.2, 0) is 26.2 Å². The number of nitrogens with zero attached hydrogens (tertiary/aromatic N) is 2. The summed E-state index contributed by atoms with van der Waals surface area (Å²) in [6.45, 7) is 6.07.